The molecule has 0 aliphatic rings. The minimum absolute atomic E-state index is 0.0170. The molecule has 0 saturated heterocycles. The molecule has 0 radical (unpaired) electrons. The number of carbonyl (C=O) groups excluding carboxylic acids is 1. The van der Waals surface area contributed by atoms with E-state index in [1.54, 1.807) is 34.9 Å². The van der Waals surface area contributed by atoms with Gasteiger partial charge in [-0.2, -0.15) is 8.78 Å². The van der Waals surface area contributed by atoms with Crippen LogP contribution in [0, 0.1) is 13.8 Å². The number of aromatic nitrogens is 2. The Kier molecular flexibility index (Phi) is 7.33. The predicted molar refractivity (Wildman–Crippen MR) is 134 cm³/mol. The number of anilines is 1. The van der Waals surface area contributed by atoms with Gasteiger partial charge in [-0.1, -0.05) is 47.8 Å². The Bertz CT molecular complexity index is 1410. The molecule has 1 N–H and O–H groups in total. The van der Waals surface area contributed by atoms with Crippen molar-refractivity contribution in [1.29, 1.82) is 0 Å². The summed E-state index contributed by atoms with van der Waals surface area (Å²) in [4.78, 5) is 31.1. The van der Waals surface area contributed by atoms with Gasteiger partial charge in [-0.3, -0.25) is 14.2 Å². The number of benzene rings is 3. The molecule has 0 saturated carbocycles. The molecule has 0 aliphatic carbocycles. The van der Waals surface area contributed by atoms with Crippen LogP contribution in [0.3, 0.4) is 0 Å². The summed E-state index contributed by atoms with van der Waals surface area (Å²) in [5.74, 6) is -2.78. The second-order valence-corrected chi connectivity index (χ2v) is 9.52. The molecule has 9 heteroatoms. The van der Waals surface area contributed by atoms with E-state index in [-0.39, 0.29) is 17.2 Å². The number of carbonyl (C=O) groups is 1. The maximum atomic E-state index is 13.4. The highest BCUT2D eigenvalue weighted by atomic mass is 32.2. The van der Waals surface area contributed by atoms with Gasteiger partial charge in [-0.25, -0.2) is 4.98 Å². The van der Waals surface area contributed by atoms with Crippen molar-refractivity contribution >= 4 is 46.0 Å². The number of rotatable bonds is 7. The van der Waals surface area contributed by atoms with Gasteiger partial charge in [0.1, 0.15) is 0 Å². The van der Waals surface area contributed by atoms with Crippen LogP contribution in [0.5, 0.6) is 0 Å². The van der Waals surface area contributed by atoms with Gasteiger partial charge < -0.3 is 5.32 Å². The fourth-order valence-electron chi connectivity index (χ4n) is 3.45. The Morgan fingerprint density at radius 3 is 2.50 bits per heavy atom. The molecule has 34 heavy (non-hydrogen) atoms. The van der Waals surface area contributed by atoms with Crippen LogP contribution in [-0.4, -0.2) is 27.0 Å². The fourth-order valence-corrected chi connectivity index (χ4v) is 4.75. The molecule has 0 unspecified atom stereocenters. The van der Waals surface area contributed by atoms with Crippen LogP contribution >= 0.6 is 23.5 Å². The van der Waals surface area contributed by atoms with Crippen molar-refractivity contribution in [2.45, 2.75) is 29.7 Å². The zero-order valence-corrected chi connectivity index (χ0v) is 20.1. The Morgan fingerprint density at radius 2 is 1.76 bits per heavy atom. The monoisotopic (exact) mass is 497 g/mol. The number of alkyl halides is 2. The van der Waals surface area contributed by atoms with Gasteiger partial charge in [0.05, 0.1) is 22.3 Å². The molecule has 0 bridgehead atoms. The van der Waals surface area contributed by atoms with Gasteiger partial charge in [0.15, 0.2) is 5.16 Å². The molecule has 0 atom stereocenters. The van der Waals surface area contributed by atoms with E-state index >= 15 is 0 Å². The molecule has 0 spiro atoms. The van der Waals surface area contributed by atoms with Crippen molar-refractivity contribution in [2.24, 2.45) is 0 Å². The molecular formula is C25H21F2N3O2S2. The van der Waals surface area contributed by atoms with Gasteiger partial charge in [0.2, 0.25) is 5.91 Å². The van der Waals surface area contributed by atoms with Crippen LogP contribution < -0.4 is 10.9 Å². The molecule has 1 heterocycles. The highest BCUT2D eigenvalue weighted by Crippen LogP contribution is 2.27. The average molecular weight is 498 g/mol. The Balaban J connectivity index is 1.61. The van der Waals surface area contributed by atoms with Crippen LogP contribution in [0.1, 0.15) is 11.1 Å². The molecule has 4 aromatic rings. The summed E-state index contributed by atoms with van der Waals surface area (Å²) < 4.78 is 26.5. The summed E-state index contributed by atoms with van der Waals surface area (Å²) in [5, 5.41) is 3.66. The largest absolute Gasteiger partial charge is 0.325 e. The van der Waals surface area contributed by atoms with E-state index in [0.29, 0.717) is 38.4 Å². The van der Waals surface area contributed by atoms with Crippen molar-refractivity contribution in [1.82, 2.24) is 9.55 Å². The molecule has 1 amide bonds. The Morgan fingerprint density at radius 1 is 1.03 bits per heavy atom. The van der Waals surface area contributed by atoms with E-state index in [1.807, 2.05) is 38.1 Å². The van der Waals surface area contributed by atoms with Crippen molar-refractivity contribution < 1.29 is 13.6 Å². The van der Waals surface area contributed by atoms with E-state index in [2.05, 4.69) is 10.3 Å². The van der Waals surface area contributed by atoms with Crippen LogP contribution in [0.15, 0.2) is 81.6 Å². The molecule has 5 nitrogen and oxygen atoms in total. The van der Waals surface area contributed by atoms with Gasteiger partial charge in [0.25, 0.3) is 11.3 Å². The zero-order valence-electron chi connectivity index (χ0n) is 18.4. The third kappa shape index (κ3) is 5.31. The van der Waals surface area contributed by atoms with E-state index in [1.165, 1.54) is 12.1 Å². The van der Waals surface area contributed by atoms with Crippen molar-refractivity contribution in [3.05, 3.63) is 88.2 Å². The van der Waals surface area contributed by atoms with Crippen molar-refractivity contribution in [3.63, 3.8) is 0 Å². The lowest BCUT2D eigenvalue weighted by Crippen LogP contribution is -2.23. The van der Waals surface area contributed by atoms with Crippen LogP contribution in [0.4, 0.5) is 14.5 Å². The first-order valence-electron chi connectivity index (χ1n) is 10.4. The first-order valence-corrected chi connectivity index (χ1v) is 12.3. The minimum Gasteiger partial charge on any atom is -0.325 e. The van der Waals surface area contributed by atoms with Gasteiger partial charge in [-0.15, -0.1) is 0 Å². The molecule has 4 rings (SSSR count). The lowest BCUT2D eigenvalue weighted by molar-refractivity contribution is -0.113. The van der Waals surface area contributed by atoms with E-state index in [4.69, 9.17) is 0 Å². The lowest BCUT2D eigenvalue weighted by atomic mass is 10.1. The number of hydrogen-bond acceptors (Lipinski definition) is 5. The second-order valence-electron chi connectivity index (χ2n) is 7.51. The first kappa shape index (κ1) is 24.0. The van der Waals surface area contributed by atoms with E-state index in [9.17, 15) is 18.4 Å². The number of halogens is 2. The summed E-state index contributed by atoms with van der Waals surface area (Å²) in [7, 11) is 0. The molecule has 3 aromatic carbocycles. The molecule has 1 aromatic heterocycles. The number of hydrogen-bond donors (Lipinski definition) is 1. The quantitative estimate of drug-likeness (QED) is 0.249. The Labute approximate surface area is 203 Å². The summed E-state index contributed by atoms with van der Waals surface area (Å²) >= 11 is 1.61. The Hall–Kier alpha value is -3.17. The number of nitrogens with zero attached hydrogens (tertiary/aromatic N) is 2. The maximum absolute atomic E-state index is 13.4. The fraction of sp³-hybridized carbons (Fsp3) is 0.160. The first-order chi connectivity index (χ1) is 16.3. The number of thioether (sulfide) groups is 2. The second kappa shape index (κ2) is 10.4. The van der Waals surface area contributed by atoms with E-state index in [0.717, 1.165) is 28.6 Å². The lowest BCUT2D eigenvalue weighted by Gasteiger charge is -2.16. The summed E-state index contributed by atoms with van der Waals surface area (Å²) in [6.07, 6.45) is 0. The molecule has 0 aliphatic heterocycles. The minimum atomic E-state index is -2.50. The van der Waals surface area contributed by atoms with Crippen molar-refractivity contribution in [2.75, 3.05) is 11.1 Å². The molecule has 174 valence electrons. The number of fused-ring (bicyclic) bond motifs is 1. The highest BCUT2D eigenvalue weighted by Gasteiger charge is 2.17. The van der Waals surface area contributed by atoms with Crippen LogP contribution in [0.2, 0.25) is 0 Å². The number of amides is 1. The summed E-state index contributed by atoms with van der Waals surface area (Å²) in [5.41, 5.74) is 3.58. The van der Waals surface area contributed by atoms with Gasteiger partial charge in [-0.05, 0) is 67.4 Å². The molecular weight excluding hydrogens is 476 g/mol. The van der Waals surface area contributed by atoms with Crippen LogP contribution in [0.25, 0.3) is 16.6 Å². The van der Waals surface area contributed by atoms with Gasteiger partial charge >= 0.3 is 0 Å². The highest BCUT2D eigenvalue weighted by molar-refractivity contribution is 8.00. The molecule has 0 fully saturated rings. The van der Waals surface area contributed by atoms with Crippen molar-refractivity contribution in [3.8, 4) is 5.69 Å². The van der Waals surface area contributed by atoms with Crippen LogP contribution in [-0.2, 0) is 4.79 Å². The average Bonchev–Trinajstić information content (AvgIpc) is 2.81. The SMILES string of the molecule is Cc1cccc(-n2c(SCC(=O)Nc3ccc(SC(F)F)cc3)nc3ccccc3c2=O)c1C. The number of nitrogens with one attached hydrogen (secondary N) is 1. The third-order valence-electron chi connectivity index (χ3n) is 5.26. The van der Waals surface area contributed by atoms with E-state index < -0.39 is 5.76 Å². The number of aryl methyl sites for hydroxylation is 1. The number of para-hydroxylation sites is 1. The maximum Gasteiger partial charge on any atom is 0.288 e. The predicted octanol–water partition coefficient (Wildman–Crippen LogP) is 6.05. The smallest absolute Gasteiger partial charge is 0.288 e. The third-order valence-corrected chi connectivity index (χ3v) is 6.92. The topological polar surface area (TPSA) is 64.0 Å². The summed E-state index contributed by atoms with van der Waals surface area (Å²) in [6, 6.07) is 19.1. The zero-order chi connectivity index (χ0) is 24.2. The normalized spacial score (nSPS) is 11.2. The van der Waals surface area contributed by atoms with Gasteiger partial charge in [0, 0.05) is 10.6 Å². The summed E-state index contributed by atoms with van der Waals surface area (Å²) in [6.45, 7) is 3.92. The standard InChI is InChI=1S/C25H21F2N3O2S2/c1-15-6-5-9-21(16(15)2)30-23(32)19-7-3-4-8-20(19)29-25(30)33-14-22(31)28-17-10-12-18(13-11-17)34-24(26)27/h3-13,24H,14H2,1-2H3,(H,28,31).